The molecule has 0 aromatic heterocycles. The zero-order chi connectivity index (χ0) is 22.2. The minimum Gasteiger partial charge on any atom is -0.385 e. The van der Waals surface area contributed by atoms with E-state index < -0.39 is 34.6 Å². The molecule has 31 heavy (non-hydrogen) atoms. The largest absolute Gasteiger partial charge is 0.385 e. The van der Waals surface area contributed by atoms with E-state index in [2.05, 4.69) is 10.6 Å². The maximum Gasteiger partial charge on any atom is 0.256 e. The molecule has 0 unspecified atom stereocenters. The van der Waals surface area contributed by atoms with Crippen LogP contribution in [0.4, 0.5) is 24.5 Å². The van der Waals surface area contributed by atoms with Gasteiger partial charge in [0.2, 0.25) is 0 Å². The Morgan fingerprint density at radius 2 is 1.84 bits per heavy atom. The first-order valence-electron chi connectivity index (χ1n) is 10.2. The number of β-amino-alcohol motifs (C(OH)–C–C–N with tert-alkyl or cyclic N) is 1. The average Bonchev–Trinajstić information content (AvgIpc) is 3.23. The SMILES string of the molecule is O=C(c1ccc(F)c(F)c1Nc1ccc(I)cc1F)N1CC(O)(CNC2CCCC2)C1. The summed E-state index contributed by atoms with van der Waals surface area (Å²) in [7, 11) is 0. The van der Waals surface area contributed by atoms with Gasteiger partial charge in [-0.1, -0.05) is 12.8 Å². The zero-order valence-corrected chi connectivity index (χ0v) is 18.9. The van der Waals surface area contributed by atoms with Crippen LogP contribution in [0, 0.1) is 21.0 Å². The molecule has 0 atom stereocenters. The first-order valence-corrected chi connectivity index (χ1v) is 11.3. The topological polar surface area (TPSA) is 64.6 Å². The number of amides is 1. The molecule has 166 valence electrons. The van der Waals surface area contributed by atoms with E-state index in [1.165, 1.54) is 35.9 Å². The van der Waals surface area contributed by atoms with E-state index in [4.69, 9.17) is 0 Å². The molecule has 9 heteroatoms. The predicted molar refractivity (Wildman–Crippen MR) is 120 cm³/mol. The molecule has 3 N–H and O–H groups in total. The number of anilines is 2. The van der Waals surface area contributed by atoms with Crippen molar-refractivity contribution >= 4 is 39.9 Å². The number of hydrogen-bond donors (Lipinski definition) is 3. The van der Waals surface area contributed by atoms with Crippen molar-refractivity contribution in [2.75, 3.05) is 25.0 Å². The minimum atomic E-state index is -1.26. The molecule has 1 aliphatic carbocycles. The molecule has 1 amide bonds. The highest BCUT2D eigenvalue weighted by Gasteiger charge is 2.44. The van der Waals surface area contributed by atoms with Crippen LogP contribution in [0.15, 0.2) is 30.3 Å². The Balaban J connectivity index is 1.49. The third-order valence-corrected chi connectivity index (χ3v) is 6.52. The molecule has 2 aromatic carbocycles. The standard InChI is InChI=1S/C22H23F3IN3O2/c23-16-7-6-15(20(19(16)25)28-18-8-5-13(26)9-17(18)24)21(30)29-11-22(31,12-29)10-27-14-3-1-2-4-14/h5-9,14,27-28,31H,1-4,10-12H2. The van der Waals surface area contributed by atoms with Crippen LogP contribution in [-0.2, 0) is 0 Å². The van der Waals surface area contributed by atoms with Gasteiger partial charge in [-0.25, -0.2) is 13.2 Å². The van der Waals surface area contributed by atoms with E-state index >= 15 is 0 Å². The van der Waals surface area contributed by atoms with Gasteiger partial charge in [-0.15, -0.1) is 0 Å². The van der Waals surface area contributed by atoms with E-state index in [0.29, 0.717) is 16.2 Å². The van der Waals surface area contributed by atoms with E-state index in [-0.39, 0.29) is 24.3 Å². The van der Waals surface area contributed by atoms with E-state index in [0.717, 1.165) is 18.9 Å². The molecule has 2 aliphatic rings. The lowest BCUT2D eigenvalue weighted by Gasteiger charge is -2.47. The summed E-state index contributed by atoms with van der Waals surface area (Å²) in [6.45, 7) is 0.544. The highest BCUT2D eigenvalue weighted by atomic mass is 127. The summed E-state index contributed by atoms with van der Waals surface area (Å²) < 4.78 is 43.3. The van der Waals surface area contributed by atoms with Crippen molar-refractivity contribution in [2.45, 2.75) is 37.3 Å². The third-order valence-electron chi connectivity index (χ3n) is 5.85. The highest BCUT2D eigenvalue weighted by molar-refractivity contribution is 14.1. The Morgan fingerprint density at radius 3 is 2.52 bits per heavy atom. The highest BCUT2D eigenvalue weighted by Crippen LogP contribution is 2.32. The minimum absolute atomic E-state index is 0.0696. The van der Waals surface area contributed by atoms with Crippen molar-refractivity contribution in [1.82, 2.24) is 10.2 Å². The van der Waals surface area contributed by atoms with E-state index in [1.54, 1.807) is 6.07 Å². The van der Waals surface area contributed by atoms with Gasteiger partial charge in [0.05, 0.1) is 30.0 Å². The second kappa shape index (κ2) is 8.95. The lowest BCUT2D eigenvalue weighted by molar-refractivity contribution is -0.0797. The van der Waals surface area contributed by atoms with Gasteiger partial charge in [0, 0.05) is 16.2 Å². The van der Waals surface area contributed by atoms with Crippen LogP contribution in [0.25, 0.3) is 0 Å². The first-order chi connectivity index (χ1) is 14.8. The molecule has 0 bridgehead atoms. The predicted octanol–water partition coefficient (Wildman–Crippen LogP) is 4.17. The zero-order valence-electron chi connectivity index (χ0n) is 16.7. The number of likely N-dealkylation sites (tertiary alicyclic amines) is 1. The van der Waals surface area contributed by atoms with Gasteiger partial charge < -0.3 is 20.6 Å². The molecule has 1 aliphatic heterocycles. The van der Waals surface area contributed by atoms with Crippen LogP contribution in [0.2, 0.25) is 0 Å². The number of halogens is 4. The van der Waals surface area contributed by atoms with Gasteiger partial charge in [0.15, 0.2) is 11.6 Å². The van der Waals surface area contributed by atoms with Gasteiger partial charge in [-0.3, -0.25) is 4.79 Å². The summed E-state index contributed by atoms with van der Waals surface area (Å²) in [5.41, 5.74) is -1.67. The lowest BCUT2D eigenvalue weighted by Crippen LogP contribution is -2.67. The van der Waals surface area contributed by atoms with Crippen molar-refractivity contribution in [1.29, 1.82) is 0 Å². The fraction of sp³-hybridized carbons (Fsp3) is 0.409. The lowest BCUT2D eigenvalue weighted by atomic mass is 9.92. The molecule has 1 heterocycles. The smallest absolute Gasteiger partial charge is 0.256 e. The fourth-order valence-corrected chi connectivity index (χ4v) is 4.58. The number of carbonyl (C=O) groups is 1. The Bertz CT molecular complexity index is 992. The summed E-state index contributed by atoms with van der Waals surface area (Å²) >= 11 is 1.93. The van der Waals surface area contributed by atoms with Crippen LogP contribution < -0.4 is 10.6 Å². The Morgan fingerprint density at radius 1 is 1.13 bits per heavy atom. The third kappa shape index (κ3) is 4.83. The Labute approximate surface area is 192 Å². The maximum atomic E-state index is 14.6. The maximum absolute atomic E-state index is 14.6. The van der Waals surface area contributed by atoms with Crippen LogP contribution in [0.1, 0.15) is 36.0 Å². The Hall–Kier alpha value is -1.85. The van der Waals surface area contributed by atoms with Gasteiger partial charge in [0.25, 0.3) is 5.91 Å². The van der Waals surface area contributed by atoms with Crippen molar-refractivity contribution in [3.05, 3.63) is 56.9 Å². The summed E-state index contributed by atoms with van der Waals surface area (Å²) in [6.07, 6.45) is 4.51. The molecule has 1 saturated carbocycles. The normalized spacial score (nSPS) is 18.2. The number of benzene rings is 2. The van der Waals surface area contributed by atoms with Crippen LogP contribution >= 0.6 is 22.6 Å². The van der Waals surface area contributed by atoms with Crippen molar-refractivity contribution in [2.24, 2.45) is 0 Å². The summed E-state index contributed by atoms with van der Waals surface area (Å²) in [4.78, 5) is 14.3. The molecule has 2 fully saturated rings. The van der Waals surface area contributed by atoms with Gasteiger partial charge in [-0.05, 0) is 65.8 Å². The fourth-order valence-electron chi connectivity index (χ4n) is 4.13. The molecule has 0 spiro atoms. The second-order valence-corrected chi connectivity index (χ2v) is 9.53. The van der Waals surface area contributed by atoms with Gasteiger partial charge >= 0.3 is 0 Å². The van der Waals surface area contributed by atoms with Gasteiger partial charge in [0.1, 0.15) is 11.4 Å². The summed E-state index contributed by atoms with van der Waals surface area (Å²) in [6, 6.07) is 6.67. The molecule has 5 nitrogen and oxygen atoms in total. The quantitative estimate of drug-likeness (QED) is 0.477. The monoisotopic (exact) mass is 545 g/mol. The number of carbonyl (C=O) groups excluding carboxylic acids is 1. The Kier molecular flexibility index (Phi) is 6.45. The van der Waals surface area contributed by atoms with Crippen molar-refractivity contribution < 1.29 is 23.1 Å². The number of nitrogens with zero attached hydrogens (tertiary/aromatic N) is 1. The molecular formula is C22H23F3IN3O2. The number of hydrogen-bond acceptors (Lipinski definition) is 4. The van der Waals surface area contributed by atoms with Crippen LogP contribution in [-0.4, -0.2) is 47.2 Å². The molecule has 0 radical (unpaired) electrons. The van der Waals surface area contributed by atoms with Crippen molar-refractivity contribution in [3.63, 3.8) is 0 Å². The molecule has 4 rings (SSSR count). The number of nitrogens with one attached hydrogen (secondary N) is 2. The molecule has 1 saturated heterocycles. The average molecular weight is 545 g/mol. The van der Waals surface area contributed by atoms with Crippen LogP contribution in [0.5, 0.6) is 0 Å². The van der Waals surface area contributed by atoms with E-state index in [9.17, 15) is 23.1 Å². The second-order valence-electron chi connectivity index (χ2n) is 8.28. The van der Waals surface area contributed by atoms with Crippen LogP contribution in [0.3, 0.4) is 0 Å². The van der Waals surface area contributed by atoms with E-state index in [1.807, 2.05) is 22.6 Å². The molecule has 2 aromatic rings. The van der Waals surface area contributed by atoms with Crippen molar-refractivity contribution in [3.8, 4) is 0 Å². The number of rotatable bonds is 6. The summed E-state index contributed by atoms with van der Waals surface area (Å²) in [5, 5.41) is 16.5. The molecular weight excluding hydrogens is 522 g/mol. The first kappa shape index (κ1) is 22.3. The summed E-state index contributed by atoms with van der Waals surface area (Å²) in [5.74, 6) is -3.61. The van der Waals surface area contributed by atoms with Gasteiger partial charge in [-0.2, -0.15) is 0 Å². The number of aliphatic hydroxyl groups is 1.